The molecule has 2 amide bonds. The van der Waals surface area contributed by atoms with Gasteiger partial charge in [-0.05, 0) is 37.1 Å². The predicted molar refractivity (Wildman–Crippen MR) is 78.2 cm³/mol. The molecule has 0 saturated carbocycles. The first-order chi connectivity index (χ1) is 9.60. The van der Waals surface area contributed by atoms with E-state index in [1.54, 1.807) is 29.2 Å². The molecule has 1 fully saturated rings. The molecular weight excluding hydrogens is 280 g/mol. The Hall–Kier alpha value is -1.95. The smallest absolute Gasteiger partial charge is 0.321 e. The van der Waals surface area contributed by atoms with Crippen molar-refractivity contribution in [3.8, 4) is 0 Å². The highest BCUT2D eigenvalue weighted by molar-refractivity contribution is 6.30. The van der Waals surface area contributed by atoms with Crippen molar-refractivity contribution in [2.75, 3.05) is 18.4 Å². The van der Waals surface area contributed by atoms with Crippen LogP contribution in [-0.2, 0) is 0 Å². The van der Waals surface area contributed by atoms with Gasteiger partial charge in [0, 0.05) is 29.7 Å². The molecule has 1 heterocycles. The lowest BCUT2D eigenvalue weighted by atomic mass is 9.96. The van der Waals surface area contributed by atoms with Gasteiger partial charge in [0.05, 0.1) is 0 Å². The minimum atomic E-state index is -0.148. The summed E-state index contributed by atoms with van der Waals surface area (Å²) >= 11 is 5.79. The van der Waals surface area contributed by atoms with Crippen LogP contribution in [0, 0.1) is 5.92 Å². The van der Waals surface area contributed by atoms with Crippen LogP contribution in [0.15, 0.2) is 29.4 Å². The van der Waals surface area contributed by atoms with E-state index in [-0.39, 0.29) is 17.8 Å². The Morgan fingerprint density at radius 3 is 2.50 bits per heavy atom. The Morgan fingerprint density at radius 2 is 1.95 bits per heavy atom. The Morgan fingerprint density at radius 1 is 1.35 bits per heavy atom. The Bertz CT molecular complexity index is 496. The molecule has 0 aromatic heterocycles. The third kappa shape index (κ3) is 3.54. The van der Waals surface area contributed by atoms with Crippen molar-refractivity contribution in [1.82, 2.24) is 4.90 Å². The summed E-state index contributed by atoms with van der Waals surface area (Å²) in [6, 6.07) is 6.81. The number of anilines is 1. The fraction of sp³-hybridized carbons (Fsp3) is 0.385. The number of carbonyl (C=O) groups is 1. The predicted octanol–water partition coefficient (Wildman–Crippen LogP) is 2.33. The maximum absolute atomic E-state index is 12.1. The van der Waals surface area contributed by atoms with E-state index in [0.29, 0.717) is 36.6 Å². The van der Waals surface area contributed by atoms with Gasteiger partial charge in [-0.3, -0.25) is 0 Å². The second-order valence-corrected chi connectivity index (χ2v) is 5.16. The van der Waals surface area contributed by atoms with Gasteiger partial charge in [0.1, 0.15) is 5.84 Å². The summed E-state index contributed by atoms with van der Waals surface area (Å²) in [6.07, 6.45) is 1.40. The first-order valence-electron chi connectivity index (χ1n) is 6.39. The molecule has 1 aromatic rings. The average molecular weight is 297 g/mol. The number of likely N-dealkylation sites (tertiary alicyclic amines) is 1. The second kappa shape index (κ2) is 6.47. The number of benzene rings is 1. The SMILES string of the molecule is NC(=NO)C1CCN(C(=O)Nc2ccc(Cl)cc2)CC1. The fourth-order valence-corrected chi connectivity index (χ4v) is 2.32. The molecule has 1 aromatic carbocycles. The molecule has 1 aliphatic heterocycles. The molecule has 0 spiro atoms. The number of piperidine rings is 1. The summed E-state index contributed by atoms with van der Waals surface area (Å²) < 4.78 is 0. The van der Waals surface area contributed by atoms with Crippen LogP contribution in [0.3, 0.4) is 0 Å². The number of urea groups is 1. The van der Waals surface area contributed by atoms with Gasteiger partial charge in [-0.2, -0.15) is 0 Å². The molecule has 0 atom stereocenters. The minimum absolute atomic E-state index is 0.0413. The quantitative estimate of drug-likeness (QED) is 0.338. The van der Waals surface area contributed by atoms with Gasteiger partial charge in [0.25, 0.3) is 0 Å². The van der Waals surface area contributed by atoms with Gasteiger partial charge in [-0.25, -0.2) is 4.79 Å². The van der Waals surface area contributed by atoms with E-state index >= 15 is 0 Å². The maximum atomic E-state index is 12.1. The highest BCUT2D eigenvalue weighted by atomic mass is 35.5. The van der Waals surface area contributed by atoms with Crippen LogP contribution in [0.5, 0.6) is 0 Å². The summed E-state index contributed by atoms with van der Waals surface area (Å²) in [4.78, 5) is 13.8. The number of nitrogens with one attached hydrogen (secondary N) is 1. The van der Waals surface area contributed by atoms with Crippen molar-refractivity contribution in [3.63, 3.8) is 0 Å². The molecule has 0 unspecified atom stereocenters. The van der Waals surface area contributed by atoms with Crippen LogP contribution in [-0.4, -0.2) is 35.1 Å². The summed E-state index contributed by atoms with van der Waals surface area (Å²) in [5, 5.41) is 15.1. The molecule has 0 bridgehead atoms. The van der Waals surface area contributed by atoms with E-state index in [1.807, 2.05) is 0 Å². The molecule has 0 radical (unpaired) electrons. The Labute approximate surface area is 122 Å². The molecule has 1 saturated heterocycles. The number of oxime groups is 1. The van der Waals surface area contributed by atoms with E-state index in [4.69, 9.17) is 22.5 Å². The molecule has 1 aliphatic rings. The molecule has 0 aliphatic carbocycles. The summed E-state index contributed by atoms with van der Waals surface area (Å²) in [5.41, 5.74) is 6.28. The first kappa shape index (κ1) is 14.5. The number of nitrogens with zero attached hydrogens (tertiary/aromatic N) is 2. The topological polar surface area (TPSA) is 91.0 Å². The van der Waals surface area contributed by atoms with Crippen molar-refractivity contribution in [2.45, 2.75) is 12.8 Å². The monoisotopic (exact) mass is 296 g/mol. The number of halogens is 1. The van der Waals surface area contributed by atoms with Crippen LogP contribution in [0.2, 0.25) is 5.02 Å². The number of amides is 2. The van der Waals surface area contributed by atoms with E-state index < -0.39 is 0 Å². The van der Waals surface area contributed by atoms with Crippen molar-refractivity contribution >= 4 is 29.2 Å². The largest absolute Gasteiger partial charge is 0.409 e. The van der Waals surface area contributed by atoms with Gasteiger partial charge in [0.2, 0.25) is 0 Å². The highest BCUT2D eigenvalue weighted by Gasteiger charge is 2.25. The van der Waals surface area contributed by atoms with Crippen LogP contribution in [0.1, 0.15) is 12.8 Å². The fourth-order valence-electron chi connectivity index (χ4n) is 2.20. The highest BCUT2D eigenvalue weighted by Crippen LogP contribution is 2.19. The zero-order chi connectivity index (χ0) is 14.5. The number of amidine groups is 1. The van der Waals surface area contributed by atoms with Crippen LogP contribution in [0.25, 0.3) is 0 Å². The number of carbonyl (C=O) groups excluding carboxylic acids is 1. The number of nitrogens with two attached hydrogens (primary N) is 1. The van der Waals surface area contributed by atoms with E-state index in [2.05, 4.69) is 10.5 Å². The van der Waals surface area contributed by atoms with Gasteiger partial charge in [0.15, 0.2) is 0 Å². The van der Waals surface area contributed by atoms with Gasteiger partial charge < -0.3 is 21.2 Å². The lowest BCUT2D eigenvalue weighted by molar-refractivity contribution is 0.192. The van der Waals surface area contributed by atoms with Gasteiger partial charge in [-0.1, -0.05) is 16.8 Å². The van der Waals surface area contributed by atoms with E-state index in [1.165, 1.54) is 0 Å². The number of hydrogen-bond donors (Lipinski definition) is 3. The van der Waals surface area contributed by atoms with Crippen molar-refractivity contribution < 1.29 is 10.0 Å². The molecule has 7 heteroatoms. The lowest BCUT2D eigenvalue weighted by Crippen LogP contribution is -2.43. The Kier molecular flexibility index (Phi) is 4.68. The molecule has 6 nitrogen and oxygen atoms in total. The molecule has 4 N–H and O–H groups in total. The van der Waals surface area contributed by atoms with Gasteiger partial charge in [-0.15, -0.1) is 0 Å². The second-order valence-electron chi connectivity index (χ2n) is 4.72. The zero-order valence-corrected chi connectivity index (χ0v) is 11.7. The molecule has 20 heavy (non-hydrogen) atoms. The maximum Gasteiger partial charge on any atom is 0.321 e. The number of hydrogen-bond acceptors (Lipinski definition) is 3. The third-order valence-corrected chi connectivity index (χ3v) is 3.66. The standard InChI is InChI=1S/C13H17ClN4O2/c14-10-1-3-11(4-2-10)16-13(19)18-7-5-9(6-8-18)12(15)17-20/h1-4,9,20H,5-8H2,(H2,15,17)(H,16,19). The number of rotatable bonds is 2. The minimum Gasteiger partial charge on any atom is -0.409 e. The van der Waals surface area contributed by atoms with Crippen LogP contribution < -0.4 is 11.1 Å². The van der Waals surface area contributed by atoms with Crippen molar-refractivity contribution in [2.24, 2.45) is 16.8 Å². The van der Waals surface area contributed by atoms with Crippen molar-refractivity contribution in [1.29, 1.82) is 0 Å². The molecule has 2 rings (SSSR count). The molecule has 108 valence electrons. The lowest BCUT2D eigenvalue weighted by Gasteiger charge is -2.31. The Balaban J connectivity index is 1.87. The first-order valence-corrected chi connectivity index (χ1v) is 6.77. The van der Waals surface area contributed by atoms with Crippen molar-refractivity contribution in [3.05, 3.63) is 29.3 Å². The third-order valence-electron chi connectivity index (χ3n) is 3.41. The normalized spacial score (nSPS) is 17.1. The zero-order valence-electron chi connectivity index (χ0n) is 10.9. The van der Waals surface area contributed by atoms with Crippen LogP contribution in [0.4, 0.5) is 10.5 Å². The summed E-state index contributed by atoms with van der Waals surface area (Å²) in [5.74, 6) is 0.280. The van der Waals surface area contributed by atoms with E-state index in [9.17, 15) is 4.79 Å². The van der Waals surface area contributed by atoms with Crippen LogP contribution >= 0.6 is 11.6 Å². The van der Waals surface area contributed by atoms with Gasteiger partial charge >= 0.3 is 6.03 Å². The molecular formula is C13H17ClN4O2. The summed E-state index contributed by atoms with van der Waals surface area (Å²) in [6.45, 7) is 1.17. The average Bonchev–Trinajstić information content (AvgIpc) is 2.49. The summed E-state index contributed by atoms with van der Waals surface area (Å²) in [7, 11) is 0. The van der Waals surface area contributed by atoms with E-state index in [0.717, 1.165) is 0 Å².